The van der Waals surface area contributed by atoms with E-state index in [1.165, 1.54) is 0 Å². The van der Waals surface area contributed by atoms with Gasteiger partial charge >= 0.3 is 0 Å². The first-order chi connectivity index (χ1) is 12.5. The van der Waals surface area contributed by atoms with Crippen molar-refractivity contribution in [1.29, 1.82) is 0 Å². The first-order valence-electron chi connectivity index (χ1n) is 8.22. The topological polar surface area (TPSA) is 129 Å². The lowest BCUT2D eigenvalue weighted by molar-refractivity contribution is -0.117. The van der Waals surface area contributed by atoms with Crippen LogP contribution in [0.5, 0.6) is 5.88 Å². The Morgan fingerprint density at radius 2 is 1.88 bits per heavy atom. The van der Waals surface area contributed by atoms with Gasteiger partial charge in [-0.15, -0.1) is 0 Å². The maximum atomic E-state index is 11.7. The number of pyridine rings is 1. The highest BCUT2D eigenvalue weighted by atomic mass is 16.5. The largest absolute Gasteiger partial charge is 0.476 e. The second kappa shape index (κ2) is 7.32. The van der Waals surface area contributed by atoms with E-state index in [2.05, 4.69) is 20.3 Å². The quantitative estimate of drug-likeness (QED) is 0.640. The van der Waals surface area contributed by atoms with E-state index >= 15 is 0 Å². The number of ether oxygens (including phenoxy) is 1. The maximum Gasteiger partial charge on any atom is 0.245 e. The number of amides is 1. The van der Waals surface area contributed by atoms with Gasteiger partial charge in [-0.05, 0) is 38.1 Å². The van der Waals surface area contributed by atoms with E-state index < -0.39 is 6.04 Å². The molecule has 0 bridgehead atoms. The molecule has 1 aromatic carbocycles. The minimum absolute atomic E-state index is 0.143. The molecule has 0 saturated heterocycles. The Kier molecular flexibility index (Phi) is 4.94. The van der Waals surface area contributed by atoms with E-state index in [9.17, 15) is 4.79 Å². The lowest BCUT2D eigenvalue weighted by Gasteiger charge is -2.10. The zero-order valence-electron chi connectivity index (χ0n) is 14.6. The number of rotatable bonds is 5. The van der Waals surface area contributed by atoms with Crippen LogP contribution in [0.25, 0.3) is 22.3 Å². The van der Waals surface area contributed by atoms with Crippen molar-refractivity contribution in [2.45, 2.75) is 19.9 Å². The summed E-state index contributed by atoms with van der Waals surface area (Å²) in [5, 5.41) is 2.74. The smallest absolute Gasteiger partial charge is 0.245 e. The number of nitrogens with one attached hydrogen (secondary N) is 1. The van der Waals surface area contributed by atoms with Crippen molar-refractivity contribution in [3.05, 3.63) is 36.4 Å². The molecule has 3 aromatic rings. The molecule has 5 N–H and O–H groups in total. The normalized spacial score (nSPS) is 12.0. The van der Waals surface area contributed by atoms with Crippen molar-refractivity contribution in [1.82, 2.24) is 15.0 Å². The van der Waals surface area contributed by atoms with Crippen LogP contribution >= 0.6 is 0 Å². The Balaban J connectivity index is 1.94. The Morgan fingerprint density at radius 1 is 1.15 bits per heavy atom. The van der Waals surface area contributed by atoms with Crippen LogP contribution in [-0.2, 0) is 4.79 Å². The summed E-state index contributed by atoms with van der Waals surface area (Å²) < 4.78 is 5.52. The number of fused-ring (bicyclic) bond motifs is 1. The van der Waals surface area contributed by atoms with Crippen LogP contribution in [0.15, 0.2) is 36.4 Å². The van der Waals surface area contributed by atoms with Gasteiger partial charge in [0.25, 0.3) is 0 Å². The Labute approximate surface area is 150 Å². The molecule has 0 aliphatic carbocycles. The van der Waals surface area contributed by atoms with Crippen molar-refractivity contribution in [2.75, 3.05) is 17.7 Å². The average molecular weight is 352 g/mol. The summed E-state index contributed by atoms with van der Waals surface area (Å²) in [6.07, 6.45) is 0. The molecule has 1 atom stereocenters. The number of nitrogens with two attached hydrogens (primary N) is 2. The number of hydrogen-bond donors (Lipinski definition) is 3. The predicted molar refractivity (Wildman–Crippen MR) is 101 cm³/mol. The van der Waals surface area contributed by atoms with Gasteiger partial charge in [0.15, 0.2) is 5.52 Å². The molecule has 0 aliphatic heterocycles. The van der Waals surface area contributed by atoms with Gasteiger partial charge in [0, 0.05) is 11.3 Å². The second-order valence-corrected chi connectivity index (χ2v) is 5.74. The first kappa shape index (κ1) is 17.6. The lowest BCUT2D eigenvalue weighted by atomic mass is 10.1. The van der Waals surface area contributed by atoms with Gasteiger partial charge in [-0.1, -0.05) is 12.1 Å². The molecule has 134 valence electrons. The highest BCUT2D eigenvalue weighted by molar-refractivity contribution is 5.94. The monoisotopic (exact) mass is 352 g/mol. The van der Waals surface area contributed by atoms with Gasteiger partial charge < -0.3 is 21.5 Å². The molecule has 2 heterocycles. The van der Waals surface area contributed by atoms with Crippen LogP contribution < -0.4 is 21.5 Å². The Bertz CT molecular complexity index is 940. The molecule has 0 radical (unpaired) electrons. The number of nitrogens with zero attached hydrogens (tertiary/aromatic N) is 3. The molecule has 0 fully saturated rings. The van der Waals surface area contributed by atoms with Gasteiger partial charge in [0.05, 0.1) is 23.9 Å². The predicted octanol–water partition coefficient (Wildman–Crippen LogP) is 1.96. The molecule has 1 unspecified atom stereocenters. The Morgan fingerprint density at radius 3 is 2.54 bits per heavy atom. The third-order valence-electron chi connectivity index (χ3n) is 3.67. The molecule has 2 aromatic heterocycles. The molecule has 0 spiro atoms. The third-order valence-corrected chi connectivity index (χ3v) is 3.67. The summed E-state index contributed by atoms with van der Waals surface area (Å²) in [4.78, 5) is 24.6. The molecule has 0 aliphatic rings. The zero-order valence-corrected chi connectivity index (χ0v) is 14.6. The minimum Gasteiger partial charge on any atom is -0.476 e. The highest BCUT2D eigenvalue weighted by Crippen LogP contribution is 2.26. The van der Waals surface area contributed by atoms with E-state index in [0.717, 1.165) is 11.3 Å². The summed E-state index contributed by atoms with van der Waals surface area (Å²) in [5.74, 6) is 0.264. The lowest BCUT2D eigenvalue weighted by Crippen LogP contribution is -2.32. The summed E-state index contributed by atoms with van der Waals surface area (Å²) >= 11 is 0. The standard InChI is InChI=1S/C18H20N6O2/c1-3-26-17-15-14(23-18(20)24-17)9-8-13(22-15)11-4-6-12(7-5-11)21-16(25)10(2)19/h4-10H,3,19H2,1-2H3,(H,21,25)(H2,20,23,24). The first-order valence-corrected chi connectivity index (χ1v) is 8.22. The van der Waals surface area contributed by atoms with Crippen molar-refractivity contribution in [2.24, 2.45) is 5.73 Å². The number of carbonyl (C=O) groups excluding carboxylic acids is 1. The van der Waals surface area contributed by atoms with Crippen LogP contribution in [0, 0.1) is 0 Å². The fourth-order valence-electron chi connectivity index (χ4n) is 2.38. The van der Waals surface area contributed by atoms with Gasteiger partial charge in [-0.25, -0.2) is 9.97 Å². The zero-order chi connectivity index (χ0) is 18.7. The van der Waals surface area contributed by atoms with Crippen molar-refractivity contribution >= 4 is 28.6 Å². The van der Waals surface area contributed by atoms with Crippen LogP contribution in [0.3, 0.4) is 0 Å². The highest BCUT2D eigenvalue weighted by Gasteiger charge is 2.11. The van der Waals surface area contributed by atoms with E-state index in [1.807, 2.05) is 31.2 Å². The Hall–Kier alpha value is -3.26. The molecular formula is C18H20N6O2. The van der Waals surface area contributed by atoms with Crippen molar-refractivity contribution in [3.63, 3.8) is 0 Å². The molecule has 0 saturated carbocycles. The van der Waals surface area contributed by atoms with Crippen LogP contribution in [0.4, 0.5) is 11.6 Å². The minimum atomic E-state index is -0.568. The summed E-state index contributed by atoms with van der Waals surface area (Å²) in [5.41, 5.74) is 14.7. The molecule has 8 nitrogen and oxygen atoms in total. The van der Waals surface area contributed by atoms with Crippen LogP contribution in [-0.4, -0.2) is 33.5 Å². The number of hydrogen-bond acceptors (Lipinski definition) is 7. The number of benzene rings is 1. The van der Waals surface area contributed by atoms with E-state index in [1.54, 1.807) is 19.1 Å². The van der Waals surface area contributed by atoms with Gasteiger partial charge in [-0.2, -0.15) is 4.98 Å². The van der Waals surface area contributed by atoms with E-state index in [0.29, 0.717) is 29.2 Å². The molecule has 26 heavy (non-hydrogen) atoms. The van der Waals surface area contributed by atoms with Gasteiger partial charge in [0.2, 0.25) is 17.7 Å². The molecule has 1 amide bonds. The third kappa shape index (κ3) is 3.70. The number of nitrogen functional groups attached to an aromatic ring is 1. The number of aromatic nitrogens is 3. The van der Waals surface area contributed by atoms with Gasteiger partial charge in [0.1, 0.15) is 0 Å². The number of anilines is 2. The fourth-order valence-corrected chi connectivity index (χ4v) is 2.38. The average Bonchev–Trinajstić information content (AvgIpc) is 2.62. The SMILES string of the molecule is CCOc1nc(N)nc2ccc(-c3ccc(NC(=O)C(C)N)cc3)nc12. The van der Waals surface area contributed by atoms with Crippen molar-refractivity contribution in [3.8, 4) is 17.1 Å². The van der Waals surface area contributed by atoms with E-state index in [4.69, 9.17) is 16.2 Å². The van der Waals surface area contributed by atoms with Gasteiger partial charge in [-0.3, -0.25) is 4.79 Å². The summed E-state index contributed by atoms with van der Waals surface area (Å²) in [6.45, 7) is 3.95. The second-order valence-electron chi connectivity index (χ2n) is 5.74. The number of carbonyl (C=O) groups is 1. The summed E-state index contributed by atoms with van der Waals surface area (Å²) in [7, 11) is 0. The molecular weight excluding hydrogens is 332 g/mol. The molecule has 3 rings (SSSR count). The fraction of sp³-hybridized carbons (Fsp3) is 0.222. The summed E-state index contributed by atoms with van der Waals surface area (Å²) in [6, 6.07) is 10.4. The van der Waals surface area contributed by atoms with E-state index in [-0.39, 0.29) is 11.9 Å². The maximum absolute atomic E-state index is 11.7. The molecule has 8 heteroatoms. The van der Waals surface area contributed by atoms with Crippen molar-refractivity contribution < 1.29 is 9.53 Å². The van der Waals surface area contributed by atoms with Crippen LogP contribution in [0.2, 0.25) is 0 Å². The van der Waals surface area contributed by atoms with Crippen LogP contribution in [0.1, 0.15) is 13.8 Å².